The van der Waals surface area contributed by atoms with E-state index in [9.17, 15) is 4.79 Å². The second-order valence-corrected chi connectivity index (χ2v) is 4.64. The van der Waals surface area contributed by atoms with Gasteiger partial charge in [0, 0.05) is 0 Å². The Morgan fingerprint density at radius 2 is 2.00 bits per heavy atom. The van der Waals surface area contributed by atoms with Crippen LogP contribution in [0.15, 0.2) is 30.3 Å². The molecule has 0 saturated carbocycles. The first kappa shape index (κ1) is 14.1. The summed E-state index contributed by atoms with van der Waals surface area (Å²) in [6.07, 6.45) is 0. The average Bonchev–Trinajstić information content (AvgIpc) is 2.43. The fourth-order valence-corrected chi connectivity index (χ4v) is 1.90. The molecule has 0 saturated heterocycles. The number of rotatable bonds is 2. The average molecular weight is 307 g/mol. The highest BCUT2D eigenvalue weighted by Gasteiger charge is 2.14. The number of hydrogen-bond donors (Lipinski definition) is 2. The standard InChI is InChI=1S/C13H8Cl2N4O/c14-8-2-4-11(17)19-12(8)13(20)18-10-3-1-7(6-16)5-9(10)15/h1-5H,(H2,17,19)(H,18,20). The summed E-state index contributed by atoms with van der Waals surface area (Å²) in [5.41, 5.74) is 6.27. The van der Waals surface area contributed by atoms with Gasteiger partial charge in [-0.25, -0.2) is 4.98 Å². The molecule has 1 aromatic heterocycles. The van der Waals surface area contributed by atoms with Gasteiger partial charge in [-0.15, -0.1) is 0 Å². The Morgan fingerprint density at radius 1 is 1.25 bits per heavy atom. The Hall–Kier alpha value is -2.29. The zero-order chi connectivity index (χ0) is 14.7. The van der Waals surface area contributed by atoms with E-state index in [0.717, 1.165) is 0 Å². The van der Waals surface area contributed by atoms with Gasteiger partial charge in [0.1, 0.15) is 11.5 Å². The van der Waals surface area contributed by atoms with Crippen molar-refractivity contribution in [2.24, 2.45) is 0 Å². The van der Waals surface area contributed by atoms with Gasteiger partial charge in [0.05, 0.1) is 27.4 Å². The third kappa shape index (κ3) is 2.99. The molecule has 0 radical (unpaired) electrons. The predicted octanol–water partition coefficient (Wildman–Crippen LogP) is 3.09. The lowest BCUT2D eigenvalue weighted by molar-refractivity contribution is 0.102. The Balaban J connectivity index is 2.28. The van der Waals surface area contributed by atoms with Crippen LogP contribution in [0, 0.1) is 11.3 Å². The maximum absolute atomic E-state index is 12.1. The van der Waals surface area contributed by atoms with Crippen molar-refractivity contribution < 1.29 is 4.79 Å². The number of anilines is 2. The topological polar surface area (TPSA) is 91.8 Å². The number of pyridine rings is 1. The number of nitrogen functional groups attached to an aromatic ring is 1. The van der Waals surface area contributed by atoms with Crippen LogP contribution in [0.4, 0.5) is 11.5 Å². The minimum atomic E-state index is -0.533. The molecular formula is C13H8Cl2N4O. The van der Waals surface area contributed by atoms with Gasteiger partial charge in [0.15, 0.2) is 0 Å². The van der Waals surface area contributed by atoms with Gasteiger partial charge >= 0.3 is 0 Å². The van der Waals surface area contributed by atoms with Crippen molar-refractivity contribution in [2.45, 2.75) is 0 Å². The van der Waals surface area contributed by atoms with E-state index < -0.39 is 5.91 Å². The van der Waals surface area contributed by atoms with Crippen molar-refractivity contribution in [1.82, 2.24) is 4.98 Å². The van der Waals surface area contributed by atoms with Crippen molar-refractivity contribution in [3.8, 4) is 6.07 Å². The van der Waals surface area contributed by atoms with E-state index in [4.69, 9.17) is 34.2 Å². The Morgan fingerprint density at radius 3 is 2.65 bits per heavy atom. The maximum atomic E-state index is 12.1. The normalized spacial score (nSPS) is 9.85. The summed E-state index contributed by atoms with van der Waals surface area (Å²) in [6.45, 7) is 0. The van der Waals surface area contributed by atoms with Crippen molar-refractivity contribution in [3.63, 3.8) is 0 Å². The number of amides is 1. The van der Waals surface area contributed by atoms with Crippen LogP contribution in [0.2, 0.25) is 10.0 Å². The summed E-state index contributed by atoms with van der Waals surface area (Å²) in [5, 5.41) is 11.7. The number of aromatic nitrogens is 1. The lowest BCUT2D eigenvalue weighted by Crippen LogP contribution is -2.15. The molecule has 0 bridgehead atoms. The molecule has 0 unspecified atom stereocenters. The quantitative estimate of drug-likeness (QED) is 0.891. The molecule has 100 valence electrons. The number of nitrogens with one attached hydrogen (secondary N) is 1. The van der Waals surface area contributed by atoms with Crippen LogP contribution in [-0.4, -0.2) is 10.9 Å². The fourth-order valence-electron chi connectivity index (χ4n) is 1.48. The van der Waals surface area contributed by atoms with E-state index in [0.29, 0.717) is 11.3 Å². The van der Waals surface area contributed by atoms with Crippen molar-refractivity contribution in [1.29, 1.82) is 5.26 Å². The summed E-state index contributed by atoms with van der Waals surface area (Å²) in [7, 11) is 0. The van der Waals surface area contributed by atoms with Gasteiger partial charge in [-0.3, -0.25) is 4.79 Å². The van der Waals surface area contributed by atoms with Gasteiger partial charge < -0.3 is 11.1 Å². The van der Waals surface area contributed by atoms with Crippen molar-refractivity contribution in [3.05, 3.63) is 51.6 Å². The maximum Gasteiger partial charge on any atom is 0.275 e. The monoisotopic (exact) mass is 306 g/mol. The van der Waals surface area contributed by atoms with Gasteiger partial charge in [0.25, 0.3) is 5.91 Å². The van der Waals surface area contributed by atoms with E-state index >= 15 is 0 Å². The molecule has 0 aliphatic rings. The van der Waals surface area contributed by atoms with E-state index in [2.05, 4.69) is 10.3 Å². The number of nitriles is 1. The van der Waals surface area contributed by atoms with Gasteiger partial charge in [-0.1, -0.05) is 23.2 Å². The number of carbonyl (C=O) groups excluding carboxylic acids is 1. The largest absolute Gasteiger partial charge is 0.384 e. The molecule has 20 heavy (non-hydrogen) atoms. The number of nitrogens with zero attached hydrogens (tertiary/aromatic N) is 2. The summed E-state index contributed by atoms with van der Waals surface area (Å²) >= 11 is 11.9. The van der Waals surface area contributed by atoms with Crippen LogP contribution >= 0.6 is 23.2 Å². The van der Waals surface area contributed by atoms with E-state index in [1.807, 2.05) is 6.07 Å². The molecule has 0 fully saturated rings. The van der Waals surface area contributed by atoms with Crippen LogP contribution in [0.1, 0.15) is 16.1 Å². The molecule has 0 atom stereocenters. The van der Waals surface area contributed by atoms with Crippen LogP contribution in [0.5, 0.6) is 0 Å². The summed E-state index contributed by atoms with van der Waals surface area (Å²) in [5.74, 6) is -0.348. The zero-order valence-electron chi connectivity index (χ0n) is 10.0. The Kier molecular flexibility index (Phi) is 4.08. The molecule has 2 rings (SSSR count). The molecular weight excluding hydrogens is 299 g/mol. The minimum absolute atomic E-state index is 0.00657. The number of nitrogens with two attached hydrogens (primary N) is 1. The number of carbonyl (C=O) groups is 1. The molecule has 5 nitrogen and oxygen atoms in total. The molecule has 0 aliphatic carbocycles. The molecule has 7 heteroatoms. The Labute approximate surface area is 124 Å². The van der Waals surface area contributed by atoms with Gasteiger partial charge in [-0.05, 0) is 30.3 Å². The zero-order valence-corrected chi connectivity index (χ0v) is 11.5. The summed E-state index contributed by atoms with van der Waals surface area (Å²) in [6, 6.07) is 9.44. The van der Waals surface area contributed by atoms with Crippen molar-refractivity contribution in [2.75, 3.05) is 11.1 Å². The third-order valence-electron chi connectivity index (χ3n) is 2.43. The first-order valence-electron chi connectivity index (χ1n) is 5.44. The molecule has 0 spiro atoms. The summed E-state index contributed by atoms with van der Waals surface area (Å²) < 4.78 is 0. The minimum Gasteiger partial charge on any atom is -0.384 e. The van der Waals surface area contributed by atoms with Crippen LogP contribution in [-0.2, 0) is 0 Å². The second kappa shape index (κ2) is 5.78. The van der Waals surface area contributed by atoms with Crippen LogP contribution in [0.3, 0.4) is 0 Å². The number of benzene rings is 1. The predicted molar refractivity (Wildman–Crippen MR) is 77.8 cm³/mol. The smallest absolute Gasteiger partial charge is 0.275 e. The van der Waals surface area contributed by atoms with E-state index in [-0.39, 0.29) is 21.6 Å². The van der Waals surface area contributed by atoms with E-state index in [1.54, 1.807) is 0 Å². The van der Waals surface area contributed by atoms with Gasteiger partial charge in [-0.2, -0.15) is 5.26 Å². The Bertz CT molecular complexity index is 725. The van der Waals surface area contributed by atoms with Gasteiger partial charge in [0.2, 0.25) is 0 Å². The number of hydrogen-bond acceptors (Lipinski definition) is 4. The second-order valence-electron chi connectivity index (χ2n) is 3.83. The van der Waals surface area contributed by atoms with Crippen LogP contribution < -0.4 is 11.1 Å². The number of halogens is 2. The SMILES string of the molecule is N#Cc1ccc(NC(=O)c2nc(N)ccc2Cl)c(Cl)c1. The molecule has 2 aromatic rings. The molecule has 1 heterocycles. The molecule has 0 aliphatic heterocycles. The lowest BCUT2D eigenvalue weighted by atomic mass is 10.2. The first-order chi connectivity index (χ1) is 9.51. The third-order valence-corrected chi connectivity index (χ3v) is 3.05. The molecule has 1 amide bonds. The summed E-state index contributed by atoms with van der Waals surface area (Å²) in [4.78, 5) is 15.9. The highest BCUT2D eigenvalue weighted by Crippen LogP contribution is 2.24. The van der Waals surface area contributed by atoms with E-state index in [1.165, 1.54) is 30.3 Å². The highest BCUT2D eigenvalue weighted by molar-refractivity contribution is 6.35. The molecule has 1 aromatic carbocycles. The van der Waals surface area contributed by atoms with Crippen molar-refractivity contribution >= 4 is 40.6 Å². The lowest BCUT2D eigenvalue weighted by Gasteiger charge is -2.08. The van der Waals surface area contributed by atoms with Crippen LogP contribution in [0.25, 0.3) is 0 Å². The fraction of sp³-hybridized carbons (Fsp3) is 0. The molecule has 3 N–H and O–H groups in total. The highest BCUT2D eigenvalue weighted by atomic mass is 35.5. The first-order valence-corrected chi connectivity index (χ1v) is 6.20.